The Balaban J connectivity index is 1.38. The number of hydrogen-bond acceptors (Lipinski definition) is 5. The molecule has 0 aromatic heterocycles. The van der Waals surface area contributed by atoms with E-state index >= 15 is 0 Å². The predicted molar refractivity (Wildman–Crippen MR) is 94.1 cm³/mol. The van der Waals surface area contributed by atoms with Crippen molar-refractivity contribution >= 4 is 5.91 Å². The first kappa shape index (κ1) is 16.7. The van der Waals surface area contributed by atoms with Crippen LogP contribution in [0.3, 0.4) is 0 Å². The van der Waals surface area contributed by atoms with E-state index in [-0.39, 0.29) is 18.7 Å². The normalized spacial score (nSPS) is 27.2. The van der Waals surface area contributed by atoms with Gasteiger partial charge in [-0.25, -0.2) is 0 Å². The van der Waals surface area contributed by atoms with Gasteiger partial charge in [0.1, 0.15) is 0 Å². The molecule has 0 spiro atoms. The topological polar surface area (TPSA) is 62.8 Å². The van der Waals surface area contributed by atoms with E-state index in [1.54, 1.807) is 0 Å². The first-order valence-corrected chi connectivity index (χ1v) is 9.42. The van der Waals surface area contributed by atoms with Crippen LogP contribution in [0, 0.1) is 5.92 Å². The van der Waals surface area contributed by atoms with Crippen molar-refractivity contribution in [3.8, 4) is 11.5 Å². The Morgan fingerprint density at radius 3 is 2.92 bits per heavy atom. The SMILES string of the molecule is CCN(Cc1ccc2c(c1)OCO2)C(=O)CC1NNC2CCCCC21. The molecule has 1 aromatic rings. The van der Waals surface area contributed by atoms with Crippen LogP contribution in [-0.4, -0.2) is 36.2 Å². The van der Waals surface area contributed by atoms with Gasteiger partial charge in [-0.1, -0.05) is 18.9 Å². The summed E-state index contributed by atoms with van der Waals surface area (Å²) in [6.45, 7) is 3.63. The Morgan fingerprint density at radius 1 is 1.20 bits per heavy atom. The third-order valence-electron chi connectivity index (χ3n) is 5.73. The molecule has 0 radical (unpaired) electrons. The summed E-state index contributed by atoms with van der Waals surface area (Å²) in [5, 5.41) is 0. The molecule has 25 heavy (non-hydrogen) atoms. The molecule has 136 valence electrons. The smallest absolute Gasteiger partial charge is 0.231 e. The lowest BCUT2D eigenvalue weighted by molar-refractivity contribution is -0.132. The van der Waals surface area contributed by atoms with Crippen LogP contribution in [-0.2, 0) is 11.3 Å². The summed E-state index contributed by atoms with van der Waals surface area (Å²) < 4.78 is 10.8. The lowest BCUT2D eigenvalue weighted by atomic mass is 9.81. The summed E-state index contributed by atoms with van der Waals surface area (Å²) >= 11 is 0. The highest BCUT2D eigenvalue weighted by molar-refractivity contribution is 5.77. The molecular formula is C19H27N3O3. The van der Waals surface area contributed by atoms with E-state index in [1.807, 2.05) is 30.0 Å². The van der Waals surface area contributed by atoms with Gasteiger partial charge in [0.15, 0.2) is 11.5 Å². The summed E-state index contributed by atoms with van der Waals surface area (Å²) in [7, 11) is 0. The number of hydrogen-bond donors (Lipinski definition) is 2. The Labute approximate surface area is 148 Å². The molecule has 1 amide bonds. The van der Waals surface area contributed by atoms with Gasteiger partial charge in [0.25, 0.3) is 0 Å². The van der Waals surface area contributed by atoms with Gasteiger partial charge < -0.3 is 14.4 Å². The zero-order valence-electron chi connectivity index (χ0n) is 14.8. The minimum atomic E-state index is 0.214. The first-order valence-electron chi connectivity index (χ1n) is 9.42. The van der Waals surface area contributed by atoms with Gasteiger partial charge in [0.2, 0.25) is 12.7 Å². The van der Waals surface area contributed by atoms with E-state index < -0.39 is 0 Å². The average Bonchev–Trinajstić information content (AvgIpc) is 3.26. The standard InChI is InChI=1S/C19H27N3O3/c1-2-22(11-13-7-8-17-18(9-13)25-12-24-17)19(23)10-16-14-5-3-4-6-15(14)20-21-16/h7-9,14-16,20-21H,2-6,10-12H2,1H3. The summed E-state index contributed by atoms with van der Waals surface area (Å²) in [5.74, 6) is 2.35. The lowest BCUT2D eigenvalue weighted by Gasteiger charge is -2.28. The highest BCUT2D eigenvalue weighted by atomic mass is 16.7. The summed E-state index contributed by atoms with van der Waals surface area (Å²) in [6, 6.07) is 6.70. The van der Waals surface area contributed by atoms with E-state index in [9.17, 15) is 4.79 Å². The summed E-state index contributed by atoms with van der Waals surface area (Å²) in [5.41, 5.74) is 7.85. The van der Waals surface area contributed by atoms with Crippen molar-refractivity contribution in [2.45, 2.75) is 57.7 Å². The molecule has 2 heterocycles. The van der Waals surface area contributed by atoms with Crippen LogP contribution in [0.2, 0.25) is 0 Å². The average molecular weight is 345 g/mol. The Kier molecular flexibility index (Phi) is 4.81. The lowest BCUT2D eigenvalue weighted by Crippen LogP contribution is -2.39. The number of hydrazine groups is 1. The molecule has 2 N–H and O–H groups in total. The molecule has 0 bridgehead atoms. The maximum Gasteiger partial charge on any atom is 0.231 e. The fourth-order valence-corrected chi connectivity index (χ4v) is 4.30. The van der Waals surface area contributed by atoms with E-state index in [0.29, 0.717) is 31.5 Å². The van der Waals surface area contributed by atoms with Crippen molar-refractivity contribution < 1.29 is 14.3 Å². The molecule has 6 nitrogen and oxygen atoms in total. The second-order valence-corrected chi connectivity index (χ2v) is 7.25. The molecule has 2 fully saturated rings. The number of nitrogens with zero attached hydrogens (tertiary/aromatic N) is 1. The number of nitrogens with one attached hydrogen (secondary N) is 2. The predicted octanol–water partition coefficient (Wildman–Crippen LogP) is 2.19. The first-order chi connectivity index (χ1) is 12.2. The minimum absolute atomic E-state index is 0.214. The van der Waals surface area contributed by atoms with Gasteiger partial charge in [0, 0.05) is 31.6 Å². The van der Waals surface area contributed by atoms with E-state index in [0.717, 1.165) is 17.1 Å². The third kappa shape index (κ3) is 3.46. The fourth-order valence-electron chi connectivity index (χ4n) is 4.30. The number of carbonyl (C=O) groups excluding carboxylic acids is 1. The number of amides is 1. The summed E-state index contributed by atoms with van der Waals surface area (Å²) in [4.78, 5) is 14.8. The van der Waals surface area contributed by atoms with Gasteiger partial charge in [-0.2, -0.15) is 0 Å². The number of rotatable bonds is 5. The molecule has 4 rings (SSSR count). The van der Waals surface area contributed by atoms with E-state index in [2.05, 4.69) is 10.9 Å². The van der Waals surface area contributed by atoms with Crippen LogP contribution in [0.25, 0.3) is 0 Å². The van der Waals surface area contributed by atoms with Gasteiger partial charge in [-0.3, -0.25) is 15.6 Å². The fraction of sp³-hybridized carbons (Fsp3) is 0.632. The van der Waals surface area contributed by atoms with E-state index in [4.69, 9.17) is 9.47 Å². The molecule has 1 saturated carbocycles. The quantitative estimate of drug-likeness (QED) is 0.857. The monoisotopic (exact) mass is 345 g/mol. The molecule has 2 aliphatic heterocycles. The number of ether oxygens (including phenoxy) is 2. The van der Waals surface area contributed by atoms with Crippen LogP contribution in [0.4, 0.5) is 0 Å². The molecule has 6 heteroatoms. The maximum atomic E-state index is 12.8. The maximum absolute atomic E-state index is 12.8. The molecular weight excluding hydrogens is 318 g/mol. The van der Waals surface area contributed by atoms with Crippen LogP contribution in [0.15, 0.2) is 18.2 Å². The van der Waals surface area contributed by atoms with Crippen LogP contribution >= 0.6 is 0 Å². The minimum Gasteiger partial charge on any atom is -0.454 e. The molecule has 1 aliphatic carbocycles. The Morgan fingerprint density at radius 2 is 2.04 bits per heavy atom. The third-order valence-corrected chi connectivity index (χ3v) is 5.73. The Hall–Kier alpha value is -1.79. The second-order valence-electron chi connectivity index (χ2n) is 7.25. The largest absolute Gasteiger partial charge is 0.454 e. The van der Waals surface area contributed by atoms with Gasteiger partial charge in [-0.05, 0) is 43.4 Å². The second kappa shape index (κ2) is 7.22. The number of carbonyl (C=O) groups is 1. The molecule has 3 aliphatic rings. The van der Waals surface area contributed by atoms with Gasteiger partial charge in [-0.15, -0.1) is 0 Å². The van der Waals surface area contributed by atoms with Crippen molar-refractivity contribution in [3.05, 3.63) is 23.8 Å². The van der Waals surface area contributed by atoms with Crippen molar-refractivity contribution in [3.63, 3.8) is 0 Å². The Bertz CT molecular complexity index is 636. The zero-order valence-corrected chi connectivity index (χ0v) is 14.8. The van der Waals surface area contributed by atoms with Gasteiger partial charge in [0.05, 0.1) is 0 Å². The van der Waals surface area contributed by atoms with Crippen molar-refractivity contribution in [2.75, 3.05) is 13.3 Å². The highest BCUT2D eigenvalue weighted by Crippen LogP contribution is 2.33. The zero-order chi connectivity index (χ0) is 17.2. The number of benzene rings is 1. The van der Waals surface area contributed by atoms with Gasteiger partial charge >= 0.3 is 0 Å². The highest BCUT2D eigenvalue weighted by Gasteiger charge is 2.38. The molecule has 1 saturated heterocycles. The van der Waals surface area contributed by atoms with Crippen molar-refractivity contribution in [1.29, 1.82) is 0 Å². The van der Waals surface area contributed by atoms with Crippen LogP contribution < -0.4 is 20.3 Å². The molecule has 3 unspecified atom stereocenters. The van der Waals surface area contributed by atoms with Crippen molar-refractivity contribution in [1.82, 2.24) is 15.8 Å². The summed E-state index contributed by atoms with van der Waals surface area (Å²) in [6.07, 6.45) is 5.58. The number of fused-ring (bicyclic) bond motifs is 2. The van der Waals surface area contributed by atoms with E-state index in [1.165, 1.54) is 25.7 Å². The van der Waals surface area contributed by atoms with Crippen LogP contribution in [0.5, 0.6) is 11.5 Å². The van der Waals surface area contributed by atoms with Crippen LogP contribution in [0.1, 0.15) is 44.6 Å². The molecule has 1 aromatic carbocycles. The van der Waals surface area contributed by atoms with Crippen molar-refractivity contribution in [2.24, 2.45) is 5.92 Å². The molecule has 3 atom stereocenters.